The summed E-state index contributed by atoms with van der Waals surface area (Å²) in [6.07, 6.45) is 0. The molecule has 0 fully saturated rings. The first-order valence-corrected chi connectivity index (χ1v) is 25.2. The van der Waals surface area contributed by atoms with Crippen LogP contribution in [0.3, 0.4) is 0 Å². The van der Waals surface area contributed by atoms with Gasteiger partial charge in [0.2, 0.25) is 0 Å². The third kappa shape index (κ3) is 9.27. The Kier molecular flexibility index (Phi) is 12.7. The smallest absolute Gasteiger partial charge is 0.0541 e. The van der Waals surface area contributed by atoms with E-state index in [9.17, 15) is 0 Å². The van der Waals surface area contributed by atoms with Crippen molar-refractivity contribution in [3.63, 3.8) is 0 Å². The molecule has 12 aromatic rings. The molecule has 0 unspecified atom stereocenters. The van der Waals surface area contributed by atoms with Crippen molar-refractivity contribution in [1.29, 1.82) is 0 Å². The van der Waals surface area contributed by atoms with Crippen LogP contribution in [0.15, 0.2) is 315 Å². The first-order chi connectivity index (χ1) is 36.7. The van der Waals surface area contributed by atoms with E-state index in [-0.39, 0.29) is 0 Å². The fraction of sp³-hybridized carbons (Fsp3) is 0. The Labute approximate surface area is 434 Å². The van der Waals surface area contributed by atoms with Crippen molar-refractivity contribution in [3.05, 3.63) is 315 Å². The van der Waals surface area contributed by atoms with Crippen molar-refractivity contribution >= 4 is 79.0 Å². The minimum absolute atomic E-state index is 1.07. The summed E-state index contributed by atoms with van der Waals surface area (Å²) in [4.78, 5) is 9.34. The van der Waals surface area contributed by atoms with Gasteiger partial charge >= 0.3 is 0 Å². The van der Waals surface area contributed by atoms with Crippen molar-refractivity contribution in [3.8, 4) is 22.3 Å². The fourth-order valence-electron chi connectivity index (χ4n) is 10.1. The van der Waals surface area contributed by atoms with Gasteiger partial charge in [-0.3, -0.25) is 0 Å². The SMILES string of the molecule is c1ccc(N(c2ccccc2)c2ccc(-c3ccc(N(c4ccccc4)c4ccc(N(c5ccccc5)c5ccc(-c6ccc(N(c7ccccc7)c7ccccc7)cc6)cc5)c5ccccc45)cc3)cc2)cc1. The van der Waals surface area contributed by atoms with E-state index in [1.165, 1.54) is 0 Å². The number of hydrogen-bond acceptors (Lipinski definition) is 4. The Morgan fingerprint density at radius 1 is 0.135 bits per heavy atom. The predicted molar refractivity (Wildman–Crippen MR) is 314 cm³/mol. The first kappa shape index (κ1) is 45.3. The topological polar surface area (TPSA) is 13.0 Å². The number of nitrogens with zero attached hydrogens (tertiary/aromatic N) is 4. The molecule has 0 atom stereocenters. The van der Waals surface area contributed by atoms with Crippen molar-refractivity contribution in [2.24, 2.45) is 0 Å². The molecule has 0 radical (unpaired) electrons. The summed E-state index contributed by atoms with van der Waals surface area (Å²) >= 11 is 0. The van der Waals surface area contributed by atoms with Crippen LogP contribution in [0, 0.1) is 0 Å². The second-order valence-electron chi connectivity index (χ2n) is 18.2. The molecule has 0 aliphatic carbocycles. The quantitative estimate of drug-likeness (QED) is 0.108. The first-order valence-electron chi connectivity index (χ1n) is 25.2. The largest absolute Gasteiger partial charge is 0.311 e. The van der Waals surface area contributed by atoms with Gasteiger partial charge in [0.1, 0.15) is 0 Å². The predicted octanol–water partition coefficient (Wildman–Crippen LogP) is 20.1. The standard InChI is InChI=1S/C70H52N4/c1-7-21-57(22-8-1)71(58-23-9-2-10-24-58)63-43-35-53(36-44-63)55-39-47-65(48-40-55)73(61-29-15-5-16-30-61)69-51-52-70(68-34-20-19-33-67(68)69)74(62-31-17-6-18-32-62)66-49-41-56(42-50-66)54-37-45-64(46-38-54)72(59-25-11-3-12-26-59)60-27-13-4-14-28-60/h1-52H. The highest BCUT2D eigenvalue weighted by molar-refractivity contribution is 6.07. The summed E-state index contributed by atoms with van der Waals surface area (Å²) in [7, 11) is 0. The zero-order valence-corrected chi connectivity index (χ0v) is 40.8. The molecule has 0 aromatic heterocycles. The second-order valence-corrected chi connectivity index (χ2v) is 18.2. The normalized spacial score (nSPS) is 11.0. The average molecular weight is 949 g/mol. The molecule has 4 heteroatoms. The van der Waals surface area contributed by atoms with E-state index in [1.807, 2.05) is 0 Å². The van der Waals surface area contributed by atoms with Crippen molar-refractivity contribution in [2.75, 3.05) is 19.6 Å². The number of rotatable bonds is 14. The third-order valence-electron chi connectivity index (χ3n) is 13.6. The minimum atomic E-state index is 1.07. The van der Waals surface area contributed by atoms with Crippen LogP contribution in [-0.4, -0.2) is 0 Å². The molecule has 0 aliphatic heterocycles. The van der Waals surface area contributed by atoms with E-state index in [4.69, 9.17) is 0 Å². The number of benzene rings is 12. The Bertz CT molecular complexity index is 3390. The van der Waals surface area contributed by atoms with Gasteiger partial charge in [-0.1, -0.05) is 182 Å². The van der Waals surface area contributed by atoms with Crippen molar-refractivity contribution < 1.29 is 0 Å². The van der Waals surface area contributed by atoms with Crippen LogP contribution in [0.5, 0.6) is 0 Å². The summed E-state index contributed by atoms with van der Waals surface area (Å²) < 4.78 is 0. The maximum absolute atomic E-state index is 2.38. The van der Waals surface area contributed by atoms with Gasteiger partial charge in [-0.15, -0.1) is 0 Å². The molecule has 0 spiro atoms. The average Bonchev–Trinajstić information content (AvgIpc) is 3.48. The highest BCUT2D eigenvalue weighted by Gasteiger charge is 2.22. The van der Waals surface area contributed by atoms with Crippen molar-refractivity contribution in [2.45, 2.75) is 0 Å². The monoisotopic (exact) mass is 948 g/mol. The Morgan fingerprint density at radius 3 is 0.541 bits per heavy atom. The van der Waals surface area contributed by atoms with Crippen LogP contribution in [-0.2, 0) is 0 Å². The molecule has 12 aromatic carbocycles. The summed E-state index contributed by atoms with van der Waals surface area (Å²) in [6.45, 7) is 0. The van der Waals surface area contributed by atoms with Crippen LogP contribution in [0.2, 0.25) is 0 Å². The lowest BCUT2D eigenvalue weighted by Crippen LogP contribution is -2.13. The van der Waals surface area contributed by atoms with E-state index in [0.717, 1.165) is 101 Å². The molecule has 74 heavy (non-hydrogen) atoms. The zero-order chi connectivity index (χ0) is 49.5. The summed E-state index contributed by atoms with van der Waals surface area (Å²) in [5.41, 5.74) is 17.8. The van der Waals surface area contributed by atoms with E-state index >= 15 is 0 Å². The van der Waals surface area contributed by atoms with Gasteiger partial charge in [-0.05, 0) is 156 Å². The molecule has 0 aliphatic rings. The van der Waals surface area contributed by atoms with Gasteiger partial charge in [0.25, 0.3) is 0 Å². The van der Waals surface area contributed by atoms with E-state index in [1.54, 1.807) is 0 Å². The van der Waals surface area contributed by atoms with Crippen LogP contribution in [0.4, 0.5) is 68.2 Å². The van der Waals surface area contributed by atoms with E-state index in [2.05, 4.69) is 335 Å². The van der Waals surface area contributed by atoms with Gasteiger partial charge in [-0.25, -0.2) is 0 Å². The Hall–Kier alpha value is -9.90. The Morgan fingerprint density at radius 2 is 0.311 bits per heavy atom. The van der Waals surface area contributed by atoms with Gasteiger partial charge < -0.3 is 19.6 Å². The zero-order valence-electron chi connectivity index (χ0n) is 40.8. The number of hydrogen-bond donors (Lipinski definition) is 0. The second kappa shape index (κ2) is 20.8. The summed E-state index contributed by atoms with van der Waals surface area (Å²) in [5.74, 6) is 0. The van der Waals surface area contributed by atoms with Gasteiger partial charge in [0.15, 0.2) is 0 Å². The molecule has 0 saturated carbocycles. The van der Waals surface area contributed by atoms with Crippen LogP contribution in [0.25, 0.3) is 33.0 Å². The minimum Gasteiger partial charge on any atom is -0.311 e. The number of para-hydroxylation sites is 6. The Balaban J connectivity index is 0.868. The van der Waals surface area contributed by atoms with Crippen LogP contribution in [0.1, 0.15) is 0 Å². The molecular formula is C70H52N4. The molecule has 0 amide bonds. The molecule has 352 valence electrons. The maximum atomic E-state index is 2.38. The highest BCUT2D eigenvalue weighted by atomic mass is 15.2. The van der Waals surface area contributed by atoms with Crippen molar-refractivity contribution in [1.82, 2.24) is 0 Å². The summed E-state index contributed by atoms with van der Waals surface area (Å²) in [6, 6.07) is 113. The van der Waals surface area contributed by atoms with E-state index in [0.29, 0.717) is 0 Å². The molecule has 0 saturated heterocycles. The molecule has 4 nitrogen and oxygen atoms in total. The lowest BCUT2D eigenvalue weighted by Gasteiger charge is -2.30. The number of anilines is 12. The molecule has 0 heterocycles. The fourth-order valence-corrected chi connectivity index (χ4v) is 10.1. The molecule has 0 bridgehead atoms. The van der Waals surface area contributed by atoms with Crippen LogP contribution < -0.4 is 19.6 Å². The summed E-state index contributed by atoms with van der Waals surface area (Å²) in [5, 5.41) is 2.29. The van der Waals surface area contributed by atoms with Gasteiger partial charge in [0.05, 0.1) is 11.4 Å². The number of fused-ring (bicyclic) bond motifs is 1. The molecule has 0 N–H and O–H groups in total. The lowest BCUT2D eigenvalue weighted by atomic mass is 10.0. The lowest BCUT2D eigenvalue weighted by molar-refractivity contribution is 1.27. The molecular weight excluding hydrogens is 897 g/mol. The van der Waals surface area contributed by atoms with Crippen LogP contribution >= 0.6 is 0 Å². The maximum Gasteiger partial charge on any atom is 0.0541 e. The highest BCUT2D eigenvalue weighted by Crippen LogP contribution is 2.46. The third-order valence-corrected chi connectivity index (χ3v) is 13.6. The molecule has 12 rings (SSSR count). The van der Waals surface area contributed by atoms with E-state index < -0.39 is 0 Å². The van der Waals surface area contributed by atoms with Gasteiger partial charge in [0, 0.05) is 67.6 Å². The van der Waals surface area contributed by atoms with Gasteiger partial charge in [-0.2, -0.15) is 0 Å².